The van der Waals surface area contributed by atoms with Crippen LogP contribution in [0.1, 0.15) is 54.5 Å². The molecule has 1 aromatic heterocycles. The van der Waals surface area contributed by atoms with Gasteiger partial charge in [-0.05, 0) is 56.4 Å². The van der Waals surface area contributed by atoms with Gasteiger partial charge in [0.25, 0.3) is 0 Å². The summed E-state index contributed by atoms with van der Waals surface area (Å²) in [5, 5.41) is 21.3. The number of halogens is 3. The Morgan fingerprint density at radius 3 is 2.43 bits per heavy atom. The molecule has 188 valence electrons. The minimum absolute atomic E-state index is 0.0284. The first-order chi connectivity index (χ1) is 16.7. The van der Waals surface area contributed by atoms with Crippen molar-refractivity contribution in [2.45, 2.75) is 56.5 Å². The van der Waals surface area contributed by atoms with Crippen LogP contribution in [0.15, 0.2) is 61.2 Å². The third-order valence-corrected chi connectivity index (χ3v) is 7.12. The lowest BCUT2D eigenvalue weighted by atomic mass is 9.75. The van der Waals surface area contributed by atoms with Gasteiger partial charge in [-0.15, -0.1) is 10.2 Å². The standard InChI is InChI=1S/C26H31F3N4O2/c1-19-12-21(14-23(13-19)26(27,28)29)20(2)35-16-25(22-6-4-3-5-7-22)9-8-24(10-11-34,15-30-25)33-17-31-32-18-33/h3-7,12-14,17-18,20,30,34H,8-11,15-16H2,1-2H3/t20-,24+,25-/m1/s1. The first-order valence-corrected chi connectivity index (χ1v) is 11.7. The van der Waals surface area contributed by atoms with Crippen LogP contribution in [0.4, 0.5) is 13.2 Å². The quantitative estimate of drug-likeness (QED) is 0.479. The van der Waals surface area contributed by atoms with Gasteiger partial charge in [0.2, 0.25) is 0 Å². The molecule has 3 aromatic rings. The molecule has 4 rings (SSSR count). The van der Waals surface area contributed by atoms with Gasteiger partial charge in [0.15, 0.2) is 0 Å². The molecule has 0 saturated carbocycles. The molecule has 2 heterocycles. The van der Waals surface area contributed by atoms with E-state index >= 15 is 0 Å². The molecule has 6 nitrogen and oxygen atoms in total. The summed E-state index contributed by atoms with van der Waals surface area (Å²) in [5.41, 5.74) is 0.518. The van der Waals surface area contributed by atoms with Crippen LogP contribution in [0.25, 0.3) is 0 Å². The van der Waals surface area contributed by atoms with Crippen LogP contribution in [0.2, 0.25) is 0 Å². The molecule has 2 N–H and O–H groups in total. The topological polar surface area (TPSA) is 72.2 Å². The molecule has 3 atom stereocenters. The van der Waals surface area contributed by atoms with Gasteiger partial charge in [0.05, 0.1) is 29.4 Å². The normalized spacial score (nSPS) is 23.8. The summed E-state index contributed by atoms with van der Waals surface area (Å²) in [6.45, 7) is 4.31. The van der Waals surface area contributed by atoms with E-state index in [4.69, 9.17) is 4.74 Å². The van der Waals surface area contributed by atoms with Gasteiger partial charge in [-0.1, -0.05) is 42.0 Å². The van der Waals surface area contributed by atoms with Crippen molar-refractivity contribution in [3.8, 4) is 0 Å². The lowest BCUT2D eigenvalue weighted by Crippen LogP contribution is -2.59. The van der Waals surface area contributed by atoms with Gasteiger partial charge in [-0.25, -0.2) is 0 Å². The number of nitrogens with zero attached hydrogens (tertiary/aromatic N) is 3. The lowest BCUT2D eigenvalue weighted by molar-refractivity contribution is -0.137. The first kappa shape index (κ1) is 25.3. The number of piperidine rings is 1. The molecule has 0 spiro atoms. The zero-order chi connectivity index (χ0) is 25.1. The molecule has 1 fully saturated rings. The van der Waals surface area contributed by atoms with Crippen molar-refractivity contribution < 1.29 is 23.0 Å². The van der Waals surface area contributed by atoms with Crippen LogP contribution in [0.5, 0.6) is 0 Å². The molecule has 9 heteroatoms. The van der Waals surface area contributed by atoms with E-state index in [0.717, 1.165) is 18.1 Å². The highest BCUT2D eigenvalue weighted by Crippen LogP contribution is 2.40. The van der Waals surface area contributed by atoms with Crippen LogP contribution in [-0.2, 0) is 22.0 Å². The van der Waals surface area contributed by atoms with E-state index in [9.17, 15) is 18.3 Å². The minimum Gasteiger partial charge on any atom is -0.396 e. The van der Waals surface area contributed by atoms with Crippen molar-refractivity contribution in [1.82, 2.24) is 20.1 Å². The zero-order valence-corrected chi connectivity index (χ0v) is 19.9. The van der Waals surface area contributed by atoms with Crippen molar-refractivity contribution in [2.24, 2.45) is 0 Å². The lowest BCUT2D eigenvalue weighted by Gasteiger charge is -2.48. The number of aliphatic hydroxyl groups is 1. The van der Waals surface area contributed by atoms with E-state index in [0.29, 0.717) is 30.5 Å². The molecular formula is C26H31F3N4O2. The number of aromatic nitrogens is 3. The predicted molar refractivity (Wildman–Crippen MR) is 126 cm³/mol. The smallest absolute Gasteiger partial charge is 0.396 e. The second-order valence-corrected chi connectivity index (χ2v) is 9.45. The fourth-order valence-electron chi connectivity index (χ4n) is 4.96. The molecule has 1 aliphatic heterocycles. The van der Waals surface area contributed by atoms with Gasteiger partial charge in [0, 0.05) is 13.2 Å². The summed E-state index contributed by atoms with van der Waals surface area (Å²) < 4.78 is 48.2. The molecular weight excluding hydrogens is 457 g/mol. The second-order valence-electron chi connectivity index (χ2n) is 9.45. The largest absolute Gasteiger partial charge is 0.416 e. The van der Waals surface area contributed by atoms with Gasteiger partial charge < -0.3 is 19.7 Å². The number of hydrogen-bond acceptors (Lipinski definition) is 5. The van der Waals surface area contributed by atoms with Crippen molar-refractivity contribution in [3.63, 3.8) is 0 Å². The Balaban J connectivity index is 1.57. The molecule has 0 bridgehead atoms. The molecule has 0 amide bonds. The van der Waals surface area contributed by atoms with Crippen molar-refractivity contribution in [3.05, 3.63) is 83.4 Å². The summed E-state index contributed by atoms with van der Waals surface area (Å²) in [4.78, 5) is 0. The van der Waals surface area contributed by atoms with Crippen LogP contribution < -0.4 is 5.32 Å². The molecule has 1 saturated heterocycles. The number of benzene rings is 2. The summed E-state index contributed by atoms with van der Waals surface area (Å²) in [6.07, 6.45) is 0.388. The molecule has 0 unspecified atom stereocenters. The Hall–Kier alpha value is -2.75. The number of aryl methyl sites for hydroxylation is 1. The Kier molecular flexibility index (Phi) is 7.30. The van der Waals surface area contributed by atoms with E-state index in [1.165, 1.54) is 6.07 Å². The van der Waals surface area contributed by atoms with Crippen molar-refractivity contribution in [1.29, 1.82) is 0 Å². The maximum atomic E-state index is 13.3. The third kappa shape index (κ3) is 5.42. The third-order valence-electron chi connectivity index (χ3n) is 7.12. The number of ether oxygens (including phenoxy) is 1. The predicted octanol–water partition coefficient (Wildman–Crippen LogP) is 4.74. The summed E-state index contributed by atoms with van der Waals surface area (Å²) in [5.74, 6) is 0. The van der Waals surface area contributed by atoms with Crippen LogP contribution in [-0.4, -0.2) is 39.6 Å². The molecule has 2 aromatic carbocycles. The number of hydrogen-bond donors (Lipinski definition) is 2. The average molecular weight is 489 g/mol. The van der Waals surface area contributed by atoms with E-state index < -0.39 is 23.4 Å². The Bertz CT molecular complexity index is 1100. The molecule has 0 aliphatic carbocycles. The average Bonchev–Trinajstić information content (AvgIpc) is 3.39. The maximum absolute atomic E-state index is 13.3. The van der Waals surface area contributed by atoms with E-state index in [-0.39, 0.29) is 18.8 Å². The monoisotopic (exact) mass is 488 g/mol. The van der Waals surface area contributed by atoms with Crippen molar-refractivity contribution in [2.75, 3.05) is 19.8 Å². The SMILES string of the molecule is Cc1cc([C@@H](C)OC[C@@]2(c3ccccc3)CC[C@@](CCO)(n3cnnc3)CN2)cc(C(F)(F)F)c1. The Morgan fingerprint density at radius 2 is 1.83 bits per heavy atom. The van der Waals surface area contributed by atoms with Crippen molar-refractivity contribution >= 4 is 0 Å². The molecule has 1 aliphatic rings. The highest BCUT2D eigenvalue weighted by molar-refractivity contribution is 5.32. The van der Waals surface area contributed by atoms with Gasteiger partial charge in [-0.2, -0.15) is 13.2 Å². The van der Waals surface area contributed by atoms with E-state index in [1.807, 2.05) is 34.9 Å². The number of nitrogens with one attached hydrogen (secondary N) is 1. The van der Waals surface area contributed by atoms with Gasteiger partial charge in [-0.3, -0.25) is 0 Å². The fraction of sp³-hybridized carbons (Fsp3) is 0.462. The number of aliphatic hydroxyl groups excluding tert-OH is 1. The minimum atomic E-state index is -4.41. The van der Waals surface area contributed by atoms with Gasteiger partial charge in [0.1, 0.15) is 12.7 Å². The van der Waals surface area contributed by atoms with Crippen LogP contribution >= 0.6 is 0 Å². The molecule has 0 radical (unpaired) electrons. The summed E-state index contributed by atoms with van der Waals surface area (Å²) in [6, 6.07) is 14.0. The fourth-order valence-corrected chi connectivity index (χ4v) is 4.96. The van der Waals surface area contributed by atoms with Gasteiger partial charge >= 0.3 is 6.18 Å². The first-order valence-electron chi connectivity index (χ1n) is 11.7. The Labute approximate surface area is 203 Å². The Morgan fingerprint density at radius 1 is 1.11 bits per heavy atom. The summed E-state index contributed by atoms with van der Waals surface area (Å²) >= 11 is 0. The molecule has 35 heavy (non-hydrogen) atoms. The van der Waals surface area contributed by atoms with E-state index in [2.05, 4.69) is 15.5 Å². The highest BCUT2D eigenvalue weighted by atomic mass is 19.4. The van der Waals surface area contributed by atoms with Crippen LogP contribution in [0, 0.1) is 6.92 Å². The maximum Gasteiger partial charge on any atom is 0.416 e. The van der Waals surface area contributed by atoms with E-state index in [1.54, 1.807) is 32.6 Å². The highest BCUT2D eigenvalue weighted by Gasteiger charge is 2.44. The second kappa shape index (κ2) is 10.1. The number of alkyl halides is 3. The van der Waals surface area contributed by atoms with Crippen LogP contribution in [0.3, 0.4) is 0 Å². The summed E-state index contributed by atoms with van der Waals surface area (Å²) in [7, 11) is 0. The zero-order valence-electron chi connectivity index (χ0n) is 19.9. The number of rotatable bonds is 8.